The van der Waals surface area contributed by atoms with E-state index in [2.05, 4.69) is 22.4 Å². The summed E-state index contributed by atoms with van der Waals surface area (Å²) in [4.78, 5) is 14.2. The van der Waals surface area contributed by atoms with Crippen LogP contribution in [0.4, 0.5) is 5.69 Å². The number of rotatable bonds is 3. The van der Waals surface area contributed by atoms with Gasteiger partial charge in [-0.1, -0.05) is 18.2 Å². The Morgan fingerprint density at radius 2 is 2.23 bits per heavy atom. The van der Waals surface area contributed by atoms with Gasteiger partial charge in [-0.3, -0.25) is 4.79 Å². The molecule has 0 saturated heterocycles. The Kier molecular flexibility index (Phi) is 3.31. The molecule has 0 aliphatic heterocycles. The minimum absolute atomic E-state index is 0.0450. The Morgan fingerprint density at radius 1 is 1.54 bits per heavy atom. The van der Waals surface area contributed by atoms with E-state index in [9.17, 15) is 4.79 Å². The van der Waals surface area contributed by atoms with Gasteiger partial charge < -0.3 is 5.11 Å². The lowest BCUT2D eigenvalue weighted by Crippen LogP contribution is -1.99. The van der Waals surface area contributed by atoms with Crippen LogP contribution in [0.1, 0.15) is 5.56 Å². The van der Waals surface area contributed by atoms with Gasteiger partial charge in [0.05, 0.1) is 17.3 Å². The van der Waals surface area contributed by atoms with Gasteiger partial charge in [-0.05, 0) is 23.8 Å². The number of para-hydroxylation sites is 1. The van der Waals surface area contributed by atoms with Crippen LogP contribution in [0.3, 0.4) is 0 Å². The van der Waals surface area contributed by atoms with E-state index in [0.29, 0.717) is 11.3 Å². The van der Waals surface area contributed by atoms with E-state index in [1.165, 1.54) is 0 Å². The lowest BCUT2D eigenvalue weighted by atomic mass is 10.1. The summed E-state index contributed by atoms with van der Waals surface area (Å²) in [5.41, 5.74) is 1.22. The topological polar surface area (TPSA) is 49.7 Å². The number of aliphatic imine (C=N–C) groups is 1. The largest absolute Gasteiger partial charge is 0.481 e. The second kappa shape index (κ2) is 4.50. The zero-order valence-electron chi connectivity index (χ0n) is 6.73. The van der Waals surface area contributed by atoms with Crippen molar-refractivity contribution in [1.82, 2.24) is 0 Å². The Labute approximate surface area is 80.7 Å². The number of isothiocyanates is 1. The van der Waals surface area contributed by atoms with Crippen molar-refractivity contribution in [3.05, 3.63) is 29.8 Å². The maximum atomic E-state index is 10.4. The van der Waals surface area contributed by atoms with Gasteiger partial charge in [-0.2, -0.15) is 4.99 Å². The van der Waals surface area contributed by atoms with Gasteiger partial charge in [0, 0.05) is 0 Å². The van der Waals surface area contributed by atoms with Crippen molar-refractivity contribution in [3.8, 4) is 0 Å². The van der Waals surface area contributed by atoms with Crippen LogP contribution in [0, 0.1) is 0 Å². The molecule has 0 atom stereocenters. The fraction of sp³-hybridized carbons (Fsp3) is 0.111. The Balaban J connectivity index is 3.04. The summed E-state index contributed by atoms with van der Waals surface area (Å²) in [5, 5.41) is 10.8. The van der Waals surface area contributed by atoms with Crippen LogP contribution >= 0.6 is 12.2 Å². The van der Waals surface area contributed by atoms with Gasteiger partial charge in [0.15, 0.2) is 0 Å². The zero-order valence-corrected chi connectivity index (χ0v) is 7.54. The maximum absolute atomic E-state index is 10.4. The number of carboxylic acid groups (broad SMARTS) is 1. The molecule has 0 spiro atoms. The molecule has 4 heteroatoms. The monoisotopic (exact) mass is 193 g/mol. The summed E-state index contributed by atoms with van der Waals surface area (Å²) in [6.07, 6.45) is -0.0450. The average Bonchev–Trinajstić information content (AvgIpc) is 2.08. The Bertz CT molecular complexity index is 370. The third-order valence-electron chi connectivity index (χ3n) is 1.50. The number of thiocarbonyl (C=S) groups is 1. The number of hydrogen-bond acceptors (Lipinski definition) is 3. The number of carbonyl (C=O) groups is 1. The molecule has 3 nitrogen and oxygen atoms in total. The first-order chi connectivity index (χ1) is 6.24. The predicted octanol–water partition coefficient (Wildman–Crippen LogP) is 2.05. The standard InChI is InChI=1S/C9H7NO2S/c11-9(12)5-7-3-1-2-4-8(7)10-6-13/h1-4H,5H2,(H,11,12). The summed E-state index contributed by atoms with van der Waals surface area (Å²) in [7, 11) is 0. The number of carboxylic acids is 1. The molecule has 1 aromatic rings. The highest BCUT2D eigenvalue weighted by Gasteiger charge is 2.04. The molecule has 0 radical (unpaired) electrons. The normalized spacial score (nSPS) is 8.92. The fourth-order valence-electron chi connectivity index (χ4n) is 0.981. The minimum Gasteiger partial charge on any atom is -0.481 e. The molecule has 0 unspecified atom stereocenters. The lowest BCUT2D eigenvalue weighted by molar-refractivity contribution is -0.136. The second-order valence-corrected chi connectivity index (χ2v) is 2.58. The highest BCUT2D eigenvalue weighted by Crippen LogP contribution is 2.18. The highest BCUT2D eigenvalue weighted by molar-refractivity contribution is 7.78. The maximum Gasteiger partial charge on any atom is 0.307 e. The van der Waals surface area contributed by atoms with Gasteiger partial charge in [0.2, 0.25) is 0 Å². The number of aliphatic carboxylic acids is 1. The van der Waals surface area contributed by atoms with E-state index in [1.807, 2.05) is 0 Å². The summed E-state index contributed by atoms with van der Waals surface area (Å²) in [6.45, 7) is 0. The van der Waals surface area contributed by atoms with Gasteiger partial charge in [0.25, 0.3) is 0 Å². The molecule has 0 saturated carbocycles. The van der Waals surface area contributed by atoms with Crippen molar-refractivity contribution in [3.63, 3.8) is 0 Å². The van der Waals surface area contributed by atoms with E-state index in [4.69, 9.17) is 5.11 Å². The molecule has 1 aromatic carbocycles. The molecule has 0 aliphatic carbocycles. The first-order valence-electron chi connectivity index (χ1n) is 3.61. The van der Waals surface area contributed by atoms with Crippen LogP contribution in [-0.2, 0) is 11.2 Å². The molecular formula is C9H7NO2S. The van der Waals surface area contributed by atoms with Crippen molar-refractivity contribution in [2.45, 2.75) is 6.42 Å². The SMILES string of the molecule is O=C(O)Cc1ccccc1N=C=S. The van der Waals surface area contributed by atoms with E-state index in [0.717, 1.165) is 0 Å². The molecule has 0 fully saturated rings. The summed E-state index contributed by atoms with van der Waals surface area (Å²) >= 11 is 4.44. The average molecular weight is 193 g/mol. The molecule has 1 rings (SSSR count). The van der Waals surface area contributed by atoms with Crippen molar-refractivity contribution in [2.24, 2.45) is 4.99 Å². The molecule has 0 aliphatic rings. The van der Waals surface area contributed by atoms with Crippen LogP contribution in [0.2, 0.25) is 0 Å². The van der Waals surface area contributed by atoms with E-state index >= 15 is 0 Å². The summed E-state index contributed by atoms with van der Waals surface area (Å²) in [5.74, 6) is -0.882. The number of benzene rings is 1. The minimum atomic E-state index is -0.882. The highest BCUT2D eigenvalue weighted by atomic mass is 32.1. The third kappa shape index (κ3) is 2.78. The van der Waals surface area contributed by atoms with Crippen LogP contribution < -0.4 is 0 Å². The summed E-state index contributed by atoms with van der Waals surface area (Å²) in [6, 6.07) is 6.95. The second-order valence-electron chi connectivity index (χ2n) is 2.40. The van der Waals surface area contributed by atoms with E-state index in [1.54, 1.807) is 24.3 Å². The molecule has 1 N–H and O–H groups in total. The van der Waals surface area contributed by atoms with Gasteiger partial charge >= 0.3 is 5.97 Å². The predicted molar refractivity (Wildman–Crippen MR) is 52.5 cm³/mol. The van der Waals surface area contributed by atoms with Crippen molar-refractivity contribution in [2.75, 3.05) is 0 Å². The zero-order chi connectivity index (χ0) is 9.68. The first-order valence-corrected chi connectivity index (χ1v) is 4.02. The smallest absolute Gasteiger partial charge is 0.307 e. The fourth-order valence-corrected chi connectivity index (χ4v) is 1.08. The van der Waals surface area contributed by atoms with Gasteiger partial charge in [-0.15, -0.1) is 0 Å². The Hall–Kier alpha value is -1.51. The molecule has 0 heterocycles. The van der Waals surface area contributed by atoms with E-state index < -0.39 is 5.97 Å². The molecule has 13 heavy (non-hydrogen) atoms. The van der Waals surface area contributed by atoms with Crippen LogP contribution in [-0.4, -0.2) is 16.2 Å². The van der Waals surface area contributed by atoms with Gasteiger partial charge in [-0.25, -0.2) is 0 Å². The van der Waals surface area contributed by atoms with Crippen LogP contribution in [0.15, 0.2) is 29.3 Å². The van der Waals surface area contributed by atoms with Crippen LogP contribution in [0.5, 0.6) is 0 Å². The van der Waals surface area contributed by atoms with Crippen molar-refractivity contribution >= 4 is 29.0 Å². The lowest BCUT2D eigenvalue weighted by Gasteiger charge is -1.99. The quantitative estimate of drug-likeness (QED) is 0.590. The van der Waals surface area contributed by atoms with Gasteiger partial charge in [0.1, 0.15) is 0 Å². The molecule has 66 valence electrons. The molecule has 0 bridgehead atoms. The number of hydrogen-bond donors (Lipinski definition) is 1. The van der Waals surface area contributed by atoms with Crippen LogP contribution in [0.25, 0.3) is 0 Å². The Morgan fingerprint density at radius 3 is 2.85 bits per heavy atom. The molecule has 0 amide bonds. The first kappa shape index (κ1) is 9.58. The number of nitrogens with zero attached hydrogens (tertiary/aromatic N) is 1. The third-order valence-corrected chi connectivity index (χ3v) is 1.59. The molecule has 0 aromatic heterocycles. The molecular weight excluding hydrogens is 186 g/mol. The van der Waals surface area contributed by atoms with E-state index in [-0.39, 0.29) is 6.42 Å². The summed E-state index contributed by atoms with van der Waals surface area (Å²) < 4.78 is 0. The van der Waals surface area contributed by atoms with Crippen molar-refractivity contribution in [1.29, 1.82) is 0 Å². The van der Waals surface area contributed by atoms with Crippen molar-refractivity contribution < 1.29 is 9.90 Å².